The van der Waals surface area contributed by atoms with Crippen LogP contribution < -0.4 is 5.73 Å². The quantitative estimate of drug-likeness (QED) is 0.921. The summed E-state index contributed by atoms with van der Waals surface area (Å²) >= 11 is 9.32. The molecular formula is C11H11ClN4S2. The zero-order valence-corrected chi connectivity index (χ0v) is 11.9. The standard InChI is InChI=1S/C11H11ClN4S2/c12-7-4-5-14-9-6(7)2-1-3-8(9)17-11-16-15-10(13)18-11/h4-5,8H,1-3H2,(H2,13,15). The lowest BCUT2D eigenvalue weighted by atomic mass is 9.96. The van der Waals surface area contributed by atoms with Crippen molar-refractivity contribution in [3.8, 4) is 0 Å². The van der Waals surface area contributed by atoms with Gasteiger partial charge in [-0.1, -0.05) is 34.7 Å². The number of rotatable bonds is 2. The summed E-state index contributed by atoms with van der Waals surface area (Å²) in [4.78, 5) is 4.48. The number of pyridine rings is 1. The fraction of sp³-hybridized carbons (Fsp3) is 0.364. The van der Waals surface area contributed by atoms with E-state index in [0.717, 1.165) is 34.3 Å². The van der Waals surface area contributed by atoms with Crippen LogP contribution in [0.5, 0.6) is 0 Å². The average Bonchev–Trinajstić information content (AvgIpc) is 2.76. The number of hydrogen-bond donors (Lipinski definition) is 1. The summed E-state index contributed by atoms with van der Waals surface area (Å²) in [7, 11) is 0. The summed E-state index contributed by atoms with van der Waals surface area (Å²) in [5.41, 5.74) is 7.87. The SMILES string of the molecule is Nc1nnc(SC2CCCc3c(Cl)ccnc32)s1. The largest absolute Gasteiger partial charge is 0.374 e. The van der Waals surface area contributed by atoms with Gasteiger partial charge in [-0.2, -0.15) is 0 Å². The molecule has 1 unspecified atom stereocenters. The number of aromatic nitrogens is 3. The van der Waals surface area contributed by atoms with Crippen LogP contribution in [0.3, 0.4) is 0 Å². The topological polar surface area (TPSA) is 64.7 Å². The van der Waals surface area contributed by atoms with Crippen molar-refractivity contribution in [1.29, 1.82) is 0 Å². The van der Waals surface area contributed by atoms with Gasteiger partial charge in [-0.25, -0.2) is 0 Å². The fourth-order valence-corrected chi connectivity index (χ4v) is 4.43. The summed E-state index contributed by atoms with van der Waals surface area (Å²) in [5, 5.41) is 9.52. The predicted octanol–water partition coefficient (Wildman–Crippen LogP) is 3.34. The second kappa shape index (κ2) is 5.03. The van der Waals surface area contributed by atoms with E-state index >= 15 is 0 Å². The van der Waals surface area contributed by atoms with Crippen LogP contribution in [0.4, 0.5) is 5.13 Å². The minimum atomic E-state index is 0.305. The van der Waals surface area contributed by atoms with Crippen LogP contribution in [0.2, 0.25) is 5.02 Å². The van der Waals surface area contributed by atoms with Gasteiger partial charge < -0.3 is 5.73 Å². The Bertz CT molecular complexity index is 572. The number of nitrogens with zero attached hydrogens (tertiary/aromatic N) is 3. The molecule has 0 spiro atoms. The Morgan fingerprint density at radius 1 is 1.44 bits per heavy atom. The van der Waals surface area contributed by atoms with Crippen molar-refractivity contribution < 1.29 is 0 Å². The van der Waals surface area contributed by atoms with Crippen molar-refractivity contribution in [3.63, 3.8) is 0 Å². The smallest absolute Gasteiger partial charge is 0.203 e. The van der Waals surface area contributed by atoms with Crippen LogP contribution in [-0.2, 0) is 6.42 Å². The van der Waals surface area contributed by atoms with E-state index in [-0.39, 0.29) is 0 Å². The zero-order chi connectivity index (χ0) is 12.5. The first kappa shape index (κ1) is 12.2. The van der Waals surface area contributed by atoms with Crippen LogP contribution in [0.15, 0.2) is 16.6 Å². The predicted molar refractivity (Wildman–Crippen MR) is 75.1 cm³/mol. The van der Waals surface area contributed by atoms with E-state index < -0.39 is 0 Å². The first-order chi connectivity index (χ1) is 8.74. The molecule has 2 heterocycles. The van der Waals surface area contributed by atoms with E-state index in [2.05, 4.69) is 15.2 Å². The molecule has 7 heteroatoms. The number of halogens is 1. The summed E-state index contributed by atoms with van der Waals surface area (Å²) < 4.78 is 0.895. The third kappa shape index (κ3) is 2.32. The lowest BCUT2D eigenvalue weighted by Gasteiger charge is -2.23. The van der Waals surface area contributed by atoms with Gasteiger partial charge in [0.2, 0.25) is 5.13 Å². The molecule has 2 aromatic heterocycles. The first-order valence-electron chi connectivity index (χ1n) is 5.63. The monoisotopic (exact) mass is 298 g/mol. The molecule has 1 aliphatic rings. The lowest BCUT2D eigenvalue weighted by molar-refractivity contribution is 0.655. The maximum atomic E-state index is 6.22. The summed E-state index contributed by atoms with van der Waals surface area (Å²) in [5.74, 6) is 0. The van der Waals surface area contributed by atoms with Gasteiger partial charge in [0, 0.05) is 11.2 Å². The Morgan fingerprint density at radius 3 is 3.11 bits per heavy atom. The molecule has 2 aromatic rings. The van der Waals surface area contributed by atoms with Crippen LogP contribution >= 0.6 is 34.7 Å². The molecule has 0 aromatic carbocycles. The van der Waals surface area contributed by atoms with Gasteiger partial charge in [0.1, 0.15) is 0 Å². The minimum Gasteiger partial charge on any atom is -0.374 e. The number of fused-ring (bicyclic) bond motifs is 1. The number of nitrogens with two attached hydrogens (primary N) is 1. The van der Waals surface area contributed by atoms with Gasteiger partial charge >= 0.3 is 0 Å². The summed E-state index contributed by atoms with van der Waals surface area (Å²) in [6.45, 7) is 0. The van der Waals surface area contributed by atoms with Crippen molar-refractivity contribution in [3.05, 3.63) is 28.5 Å². The Morgan fingerprint density at radius 2 is 2.33 bits per heavy atom. The van der Waals surface area contributed by atoms with Gasteiger partial charge in [0.05, 0.1) is 10.9 Å². The zero-order valence-electron chi connectivity index (χ0n) is 9.47. The molecule has 2 N–H and O–H groups in total. The lowest BCUT2D eigenvalue weighted by Crippen LogP contribution is -2.09. The Labute approximate surface area is 118 Å². The van der Waals surface area contributed by atoms with Crippen molar-refractivity contribution in [2.45, 2.75) is 28.9 Å². The summed E-state index contributed by atoms with van der Waals surface area (Å²) in [6.07, 6.45) is 5.00. The molecule has 1 atom stereocenters. The van der Waals surface area contributed by atoms with Gasteiger partial charge in [-0.05, 0) is 30.9 Å². The first-order valence-corrected chi connectivity index (χ1v) is 7.70. The molecule has 18 heavy (non-hydrogen) atoms. The fourth-order valence-electron chi connectivity index (χ4n) is 2.11. The molecule has 94 valence electrons. The molecule has 0 amide bonds. The maximum absolute atomic E-state index is 6.22. The van der Waals surface area contributed by atoms with Crippen LogP contribution in [-0.4, -0.2) is 15.2 Å². The molecular weight excluding hydrogens is 288 g/mol. The van der Waals surface area contributed by atoms with E-state index in [4.69, 9.17) is 17.3 Å². The Balaban J connectivity index is 1.89. The average molecular weight is 299 g/mol. The van der Waals surface area contributed by atoms with Gasteiger partial charge in [-0.3, -0.25) is 4.98 Å². The van der Waals surface area contributed by atoms with Crippen molar-refractivity contribution in [2.24, 2.45) is 0 Å². The Hall–Kier alpha value is -0.850. The molecule has 3 rings (SSSR count). The normalized spacial score (nSPS) is 18.6. The van der Waals surface area contributed by atoms with Crippen LogP contribution in [0, 0.1) is 0 Å². The molecule has 0 aliphatic heterocycles. The minimum absolute atomic E-state index is 0.305. The number of anilines is 1. The second-order valence-corrected chi connectivity index (χ2v) is 6.93. The highest BCUT2D eigenvalue weighted by Crippen LogP contribution is 2.44. The van der Waals surface area contributed by atoms with E-state index in [1.807, 2.05) is 6.07 Å². The number of hydrogen-bond acceptors (Lipinski definition) is 6. The highest BCUT2D eigenvalue weighted by molar-refractivity contribution is 8.01. The van der Waals surface area contributed by atoms with Crippen LogP contribution in [0.1, 0.15) is 29.3 Å². The number of nitrogen functional groups attached to an aromatic ring is 1. The molecule has 0 fully saturated rings. The van der Waals surface area contributed by atoms with E-state index in [0.29, 0.717) is 10.4 Å². The third-order valence-electron chi connectivity index (χ3n) is 2.90. The summed E-state index contributed by atoms with van der Waals surface area (Å²) in [6, 6.07) is 1.86. The van der Waals surface area contributed by atoms with E-state index in [9.17, 15) is 0 Å². The molecule has 0 radical (unpaired) electrons. The van der Waals surface area contributed by atoms with Crippen LogP contribution in [0.25, 0.3) is 0 Å². The second-order valence-electron chi connectivity index (χ2n) is 4.06. The van der Waals surface area contributed by atoms with E-state index in [1.54, 1.807) is 18.0 Å². The molecule has 1 aliphatic carbocycles. The van der Waals surface area contributed by atoms with Gasteiger partial charge in [0.25, 0.3) is 0 Å². The maximum Gasteiger partial charge on any atom is 0.203 e. The molecule has 0 bridgehead atoms. The van der Waals surface area contributed by atoms with Crippen molar-refractivity contribution in [1.82, 2.24) is 15.2 Å². The van der Waals surface area contributed by atoms with E-state index in [1.165, 1.54) is 16.9 Å². The van der Waals surface area contributed by atoms with Crippen molar-refractivity contribution >= 4 is 39.8 Å². The Kier molecular flexibility index (Phi) is 3.41. The van der Waals surface area contributed by atoms with Crippen molar-refractivity contribution in [2.75, 3.05) is 5.73 Å². The molecule has 4 nitrogen and oxygen atoms in total. The van der Waals surface area contributed by atoms with Gasteiger partial charge in [-0.15, -0.1) is 10.2 Å². The number of thioether (sulfide) groups is 1. The highest BCUT2D eigenvalue weighted by Gasteiger charge is 2.25. The third-order valence-corrected chi connectivity index (χ3v) is 5.36. The highest BCUT2D eigenvalue weighted by atomic mass is 35.5. The van der Waals surface area contributed by atoms with Gasteiger partial charge in [0.15, 0.2) is 4.34 Å². The molecule has 0 saturated heterocycles. The molecule has 0 saturated carbocycles.